The molecule has 0 aliphatic heterocycles. The number of benzene rings is 9. The Morgan fingerprint density at radius 2 is 0.754 bits per heavy atom. The Hall–Kier alpha value is -7.22. The molecule has 1 heteroatoms. The maximum Gasteiger partial charge on any atom is 0.0546 e. The predicted molar refractivity (Wildman–Crippen MR) is 258 cm³/mol. The van der Waals surface area contributed by atoms with Gasteiger partial charge in [-0.3, -0.25) is 0 Å². The molecule has 0 bridgehead atoms. The van der Waals surface area contributed by atoms with Crippen LogP contribution in [0.25, 0.3) is 66.8 Å². The highest BCUT2D eigenvalue weighted by Gasteiger charge is 2.40. The van der Waals surface area contributed by atoms with Gasteiger partial charge < -0.3 is 4.90 Å². The molecule has 9 aromatic carbocycles. The molecule has 61 heavy (non-hydrogen) atoms. The van der Waals surface area contributed by atoms with Gasteiger partial charge in [0.25, 0.3) is 0 Å². The Balaban J connectivity index is 1.20. The molecule has 292 valence electrons. The normalized spacial score (nSPS) is 13.8. The van der Waals surface area contributed by atoms with Crippen LogP contribution in [0.2, 0.25) is 0 Å². The molecule has 9 aromatic rings. The number of hydrogen-bond donors (Lipinski definition) is 0. The minimum Gasteiger partial charge on any atom is -0.309 e. The smallest absolute Gasteiger partial charge is 0.0546 e. The second-order valence-corrected chi connectivity index (χ2v) is 17.7. The molecular weight excluding hydrogens is 735 g/mol. The fourth-order valence-corrected chi connectivity index (χ4v) is 10.4. The molecule has 0 radical (unpaired) electrons. The summed E-state index contributed by atoms with van der Waals surface area (Å²) in [5.74, 6) is 0. The Bertz CT molecular complexity index is 3120. The van der Waals surface area contributed by atoms with Crippen LogP contribution in [0.15, 0.2) is 212 Å². The van der Waals surface area contributed by atoms with Crippen molar-refractivity contribution >= 4 is 17.1 Å². The van der Waals surface area contributed by atoms with Gasteiger partial charge in [0.05, 0.1) is 11.4 Å². The summed E-state index contributed by atoms with van der Waals surface area (Å²) in [4.78, 5) is 2.58. The molecule has 0 atom stereocenters. The van der Waals surface area contributed by atoms with Crippen molar-refractivity contribution in [2.75, 3.05) is 4.90 Å². The van der Waals surface area contributed by atoms with E-state index in [1.54, 1.807) is 0 Å². The Labute approximate surface area is 360 Å². The molecule has 0 heterocycles. The van der Waals surface area contributed by atoms with Crippen LogP contribution < -0.4 is 4.90 Å². The highest BCUT2D eigenvalue weighted by Crippen LogP contribution is 2.57. The molecule has 11 rings (SSSR count). The maximum atomic E-state index is 2.58. The van der Waals surface area contributed by atoms with Gasteiger partial charge >= 0.3 is 0 Å². The van der Waals surface area contributed by atoms with Gasteiger partial charge in [-0.1, -0.05) is 210 Å². The van der Waals surface area contributed by atoms with Gasteiger partial charge in [0.15, 0.2) is 0 Å². The van der Waals surface area contributed by atoms with Gasteiger partial charge in [-0.05, 0) is 108 Å². The van der Waals surface area contributed by atoms with Crippen molar-refractivity contribution in [2.24, 2.45) is 0 Å². The minimum atomic E-state index is -0.223. The van der Waals surface area contributed by atoms with Crippen LogP contribution >= 0.6 is 0 Å². The molecular formula is C60H47N. The van der Waals surface area contributed by atoms with Crippen LogP contribution in [-0.2, 0) is 10.8 Å². The van der Waals surface area contributed by atoms with Crippen molar-refractivity contribution in [1.29, 1.82) is 0 Å². The lowest BCUT2D eigenvalue weighted by atomic mass is 9.81. The van der Waals surface area contributed by atoms with Crippen molar-refractivity contribution in [3.05, 3.63) is 235 Å². The number of anilines is 3. The van der Waals surface area contributed by atoms with E-state index >= 15 is 0 Å². The Morgan fingerprint density at radius 1 is 0.279 bits per heavy atom. The minimum absolute atomic E-state index is 0.153. The lowest BCUT2D eigenvalue weighted by molar-refractivity contribution is 0.660. The van der Waals surface area contributed by atoms with Gasteiger partial charge in [0.1, 0.15) is 0 Å². The van der Waals surface area contributed by atoms with Gasteiger partial charge in [-0.15, -0.1) is 0 Å². The van der Waals surface area contributed by atoms with Gasteiger partial charge in [0, 0.05) is 27.6 Å². The summed E-state index contributed by atoms with van der Waals surface area (Å²) in [6, 6.07) is 78.6. The number of fused-ring (bicyclic) bond motifs is 6. The summed E-state index contributed by atoms with van der Waals surface area (Å²) in [7, 11) is 0. The van der Waals surface area contributed by atoms with E-state index in [9.17, 15) is 0 Å². The highest BCUT2D eigenvalue weighted by molar-refractivity contribution is 6.04. The third kappa shape index (κ3) is 5.83. The van der Waals surface area contributed by atoms with Crippen molar-refractivity contribution in [3.63, 3.8) is 0 Å². The van der Waals surface area contributed by atoms with Crippen LogP contribution in [-0.4, -0.2) is 0 Å². The largest absolute Gasteiger partial charge is 0.309 e. The molecule has 0 unspecified atom stereocenters. The van der Waals surface area contributed by atoms with Crippen LogP contribution in [0.3, 0.4) is 0 Å². The molecule has 0 aromatic heterocycles. The quantitative estimate of drug-likeness (QED) is 0.156. The van der Waals surface area contributed by atoms with E-state index in [4.69, 9.17) is 0 Å². The number of nitrogens with zero attached hydrogens (tertiary/aromatic N) is 1. The van der Waals surface area contributed by atoms with E-state index in [1.165, 1.54) is 94.7 Å². The zero-order chi connectivity index (χ0) is 41.3. The first kappa shape index (κ1) is 36.8. The van der Waals surface area contributed by atoms with Gasteiger partial charge in [-0.2, -0.15) is 0 Å². The van der Waals surface area contributed by atoms with Crippen LogP contribution in [0.1, 0.15) is 49.9 Å². The monoisotopic (exact) mass is 781 g/mol. The predicted octanol–water partition coefficient (Wildman–Crippen LogP) is 16.4. The average Bonchev–Trinajstić information content (AvgIpc) is 3.69. The zero-order valence-corrected chi connectivity index (χ0v) is 35.2. The molecule has 1 nitrogen and oxygen atoms in total. The van der Waals surface area contributed by atoms with Crippen LogP contribution in [0, 0.1) is 0 Å². The first-order valence-corrected chi connectivity index (χ1v) is 21.5. The first-order chi connectivity index (χ1) is 29.8. The number of rotatable bonds is 7. The first-order valence-electron chi connectivity index (χ1n) is 21.5. The molecule has 0 N–H and O–H groups in total. The summed E-state index contributed by atoms with van der Waals surface area (Å²) in [5, 5.41) is 0. The fourth-order valence-electron chi connectivity index (χ4n) is 10.4. The second kappa shape index (κ2) is 14.2. The SMILES string of the molecule is CC1(C)c2cc(-c3ccccc3)ccc2-c2ccc(N(c3cccc(-c4ccccc4)c3-c3ccccc3-c3ccccc3)c3cccc4c3-c3ccccc3C4(C)C)cc21. The van der Waals surface area contributed by atoms with Gasteiger partial charge in [-0.25, -0.2) is 0 Å². The molecule has 0 saturated heterocycles. The van der Waals surface area contributed by atoms with Crippen molar-refractivity contribution in [2.45, 2.75) is 38.5 Å². The molecule has 0 fully saturated rings. The van der Waals surface area contributed by atoms with Crippen molar-refractivity contribution in [1.82, 2.24) is 0 Å². The molecule has 0 amide bonds. The second-order valence-electron chi connectivity index (χ2n) is 17.7. The molecule has 0 spiro atoms. The lowest BCUT2D eigenvalue weighted by Gasteiger charge is -2.33. The third-order valence-corrected chi connectivity index (χ3v) is 13.5. The summed E-state index contributed by atoms with van der Waals surface area (Å²) < 4.78 is 0. The van der Waals surface area contributed by atoms with Crippen LogP contribution in [0.4, 0.5) is 17.1 Å². The number of hydrogen-bond acceptors (Lipinski definition) is 1. The lowest BCUT2D eigenvalue weighted by Crippen LogP contribution is -2.18. The van der Waals surface area contributed by atoms with E-state index in [2.05, 4.69) is 245 Å². The van der Waals surface area contributed by atoms with Crippen molar-refractivity contribution in [3.8, 4) is 66.8 Å². The standard InChI is InChI=1S/C60H47N/c1-59(2)51-30-17-16-28-50(51)58-52(59)31-19-33-56(58)61(44-35-37-48-47-36-34-43(40-20-8-5-9-21-40)38-53(47)60(3,4)54(48)39-44)55-32-18-29-46(42-24-12-7-13-25-42)57(55)49-27-15-14-26-45(49)41-22-10-6-11-23-41/h5-39H,1-4H3. The Morgan fingerprint density at radius 3 is 1.44 bits per heavy atom. The summed E-state index contributed by atoms with van der Waals surface area (Å²) >= 11 is 0. The highest BCUT2D eigenvalue weighted by atomic mass is 15.1. The summed E-state index contributed by atoms with van der Waals surface area (Å²) in [5.41, 5.74) is 23.4. The third-order valence-electron chi connectivity index (χ3n) is 13.5. The van der Waals surface area contributed by atoms with Crippen molar-refractivity contribution < 1.29 is 0 Å². The summed E-state index contributed by atoms with van der Waals surface area (Å²) in [6.45, 7) is 9.55. The molecule has 2 aliphatic carbocycles. The molecule has 0 saturated carbocycles. The topological polar surface area (TPSA) is 3.24 Å². The van der Waals surface area contributed by atoms with E-state index < -0.39 is 0 Å². The zero-order valence-electron chi connectivity index (χ0n) is 35.2. The maximum absolute atomic E-state index is 2.58. The van der Waals surface area contributed by atoms with E-state index in [0.29, 0.717) is 0 Å². The van der Waals surface area contributed by atoms with E-state index in [1.807, 2.05) is 0 Å². The average molecular weight is 782 g/mol. The Kier molecular flexibility index (Phi) is 8.58. The van der Waals surface area contributed by atoms with E-state index in [-0.39, 0.29) is 10.8 Å². The van der Waals surface area contributed by atoms with Crippen LogP contribution in [0.5, 0.6) is 0 Å². The van der Waals surface area contributed by atoms with Gasteiger partial charge in [0.2, 0.25) is 0 Å². The molecule has 2 aliphatic rings. The van der Waals surface area contributed by atoms with E-state index in [0.717, 1.165) is 11.4 Å². The fraction of sp³-hybridized carbons (Fsp3) is 0.100. The summed E-state index contributed by atoms with van der Waals surface area (Å²) in [6.07, 6.45) is 0.